The Labute approximate surface area is 77.4 Å². The fourth-order valence-electron chi connectivity index (χ4n) is 1.16. The summed E-state index contributed by atoms with van der Waals surface area (Å²) in [7, 11) is 0. The van der Waals surface area contributed by atoms with Crippen LogP contribution in [0.1, 0.15) is 25.5 Å². The van der Waals surface area contributed by atoms with Crippen molar-refractivity contribution in [2.24, 2.45) is 0 Å². The van der Waals surface area contributed by atoms with Gasteiger partial charge in [0.1, 0.15) is 0 Å². The van der Waals surface area contributed by atoms with E-state index >= 15 is 0 Å². The lowest BCUT2D eigenvalue weighted by atomic mass is 10.1. The second-order valence-corrected chi connectivity index (χ2v) is 2.94. The molecule has 0 saturated heterocycles. The van der Waals surface area contributed by atoms with Gasteiger partial charge in [-0.3, -0.25) is 4.79 Å². The number of hydrogen-bond acceptors (Lipinski definition) is 2. The minimum Gasteiger partial charge on any atom is -0.389 e. The van der Waals surface area contributed by atoms with E-state index in [1.165, 1.54) is 6.92 Å². The minimum atomic E-state index is -0.567. The Balaban J connectivity index is 2.97. The Morgan fingerprint density at radius 3 is 2.62 bits per heavy atom. The van der Waals surface area contributed by atoms with Crippen LogP contribution in [0.3, 0.4) is 0 Å². The van der Waals surface area contributed by atoms with Crippen LogP contribution in [0.2, 0.25) is 0 Å². The molecule has 70 valence electrons. The maximum absolute atomic E-state index is 10.8. The number of aliphatic hydroxyl groups excluding tert-OH is 1. The zero-order valence-corrected chi connectivity index (χ0v) is 7.74. The van der Waals surface area contributed by atoms with Gasteiger partial charge in [-0.25, -0.2) is 0 Å². The van der Waals surface area contributed by atoms with Gasteiger partial charge in [-0.2, -0.15) is 0 Å². The third-order valence-corrected chi connectivity index (χ3v) is 1.72. The van der Waals surface area contributed by atoms with E-state index in [4.69, 9.17) is 0 Å². The van der Waals surface area contributed by atoms with Gasteiger partial charge in [0.15, 0.2) is 0 Å². The number of amides is 1. The molecule has 0 fully saturated rings. The molecule has 1 amide bonds. The van der Waals surface area contributed by atoms with Gasteiger partial charge in [0.05, 0.1) is 6.10 Å². The molecule has 13 heavy (non-hydrogen) atoms. The summed E-state index contributed by atoms with van der Waals surface area (Å²) >= 11 is 0. The molecule has 0 unspecified atom stereocenters. The van der Waals surface area contributed by atoms with E-state index in [2.05, 4.69) is 5.32 Å². The number of hydrogen-bond donors (Lipinski definition) is 2. The predicted octanol–water partition coefficient (Wildman–Crippen LogP) is 1.70. The molecule has 0 aliphatic carbocycles. The third kappa shape index (κ3) is 2.56. The highest BCUT2D eigenvalue weighted by Gasteiger charge is 2.06. The Hall–Kier alpha value is -1.35. The lowest BCUT2D eigenvalue weighted by Crippen LogP contribution is -2.09. The quantitative estimate of drug-likeness (QED) is 0.726. The summed E-state index contributed by atoms with van der Waals surface area (Å²) < 4.78 is 0. The molecule has 3 heteroatoms. The van der Waals surface area contributed by atoms with Gasteiger partial charge in [0, 0.05) is 18.2 Å². The normalized spacial score (nSPS) is 12.2. The van der Waals surface area contributed by atoms with Crippen molar-refractivity contribution in [3.8, 4) is 0 Å². The average molecular weight is 179 g/mol. The molecule has 0 heterocycles. The van der Waals surface area contributed by atoms with Crippen molar-refractivity contribution in [2.75, 3.05) is 5.32 Å². The van der Waals surface area contributed by atoms with Crippen LogP contribution in [0, 0.1) is 0 Å². The van der Waals surface area contributed by atoms with Crippen molar-refractivity contribution in [3.63, 3.8) is 0 Å². The first-order valence-electron chi connectivity index (χ1n) is 4.16. The summed E-state index contributed by atoms with van der Waals surface area (Å²) in [5, 5.41) is 12.0. The first-order chi connectivity index (χ1) is 6.11. The number of nitrogens with one attached hydrogen (secondary N) is 1. The highest BCUT2D eigenvalue weighted by molar-refractivity contribution is 5.89. The van der Waals surface area contributed by atoms with Gasteiger partial charge in [-0.15, -0.1) is 0 Å². The van der Waals surface area contributed by atoms with Crippen LogP contribution < -0.4 is 5.32 Å². The van der Waals surface area contributed by atoms with E-state index in [-0.39, 0.29) is 5.91 Å². The van der Waals surface area contributed by atoms with Gasteiger partial charge in [0.2, 0.25) is 5.91 Å². The standard InChI is InChI=1S/C10H13NO2/c1-7(12)9-5-3-4-6-10(9)11-8(2)13/h3-7,12H,1-2H3,(H,11,13)/t7-/m1/s1. The SMILES string of the molecule is CC(=O)Nc1ccccc1[C@@H](C)O. The van der Waals surface area contributed by atoms with Gasteiger partial charge in [-0.1, -0.05) is 18.2 Å². The summed E-state index contributed by atoms with van der Waals surface area (Å²) in [4.78, 5) is 10.8. The van der Waals surface area contributed by atoms with Gasteiger partial charge >= 0.3 is 0 Å². The minimum absolute atomic E-state index is 0.131. The van der Waals surface area contributed by atoms with E-state index in [1.54, 1.807) is 19.1 Å². The molecule has 3 nitrogen and oxygen atoms in total. The molecule has 0 aliphatic heterocycles. The zero-order valence-electron chi connectivity index (χ0n) is 7.74. The van der Waals surface area contributed by atoms with E-state index < -0.39 is 6.10 Å². The fraction of sp³-hybridized carbons (Fsp3) is 0.300. The van der Waals surface area contributed by atoms with Gasteiger partial charge in [0.25, 0.3) is 0 Å². The van der Waals surface area contributed by atoms with Crippen LogP contribution in [-0.2, 0) is 4.79 Å². The highest BCUT2D eigenvalue weighted by Crippen LogP contribution is 2.21. The monoisotopic (exact) mass is 179 g/mol. The lowest BCUT2D eigenvalue weighted by molar-refractivity contribution is -0.114. The predicted molar refractivity (Wildman–Crippen MR) is 51.4 cm³/mol. The Kier molecular flexibility index (Phi) is 3.03. The summed E-state index contributed by atoms with van der Waals surface area (Å²) in [5.41, 5.74) is 1.41. The number of para-hydroxylation sites is 1. The fourth-order valence-corrected chi connectivity index (χ4v) is 1.16. The molecule has 0 spiro atoms. The van der Waals surface area contributed by atoms with Crippen LogP contribution in [0.5, 0.6) is 0 Å². The number of anilines is 1. The van der Waals surface area contributed by atoms with Crippen LogP contribution in [0.15, 0.2) is 24.3 Å². The second-order valence-electron chi connectivity index (χ2n) is 2.94. The molecule has 1 aromatic rings. The van der Waals surface area contributed by atoms with E-state index in [9.17, 15) is 9.90 Å². The van der Waals surface area contributed by atoms with E-state index in [1.807, 2.05) is 12.1 Å². The maximum atomic E-state index is 10.8. The summed E-state index contributed by atoms with van der Waals surface area (Å²) in [6, 6.07) is 7.20. The zero-order chi connectivity index (χ0) is 9.84. The molecular formula is C10H13NO2. The number of carbonyl (C=O) groups is 1. The lowest BCUT2D eigenvalue weighted by Gasteiger charge is -2.11. The summed E-state index contributed by atoms with van der Waals surface area (Å²) in [5.74, 6) is -0.131. The summed E-state index contributed by atoms with van der Waals surface area (Å²) in [6.07, 6.45) is -0.567. The Morgan fingerprint density at radius 2 is 2.08 bits per heavy atom. The molecule has 1 atom stereocenters. The van der Waals surface area contributed by atoms with Crippen LogP contribution in [0.4, 0.5) is 5.69 Å². The number of rotatable bonds is 2. The topological polar surface area (TPSA) is 49.3 Å². The van der Waals surface area contributed by atoms with Gasteiger partial charge in [-0.05, 0) is 13.0 Å². The van der Waals surface area contributed by atoms with Crippen molar-refractivity contribution < 1.29 is 9.90 Å². The Bertz CT molecular complexity index is 308. The molecule has 1 aromatic carbocycles. The number of aliphatic hydroxyl groups is 1. The number of carbonyl (C=O) groups excluding carboxylic acids is 1. The molecule has 0 bridgehead atoms. The molecule has 2 N–H and O–H groups in total. The van der Waals surface area contributed by atoms with Crippen LogP contribution in [0.25, 0.3) is 0 Å². The van der Waals surface area contributed by atoms with Crippen molar-refractivity contribution >= 4 is 11.6 Å². The molecule has 0 aliphatic rings. The molecule has 0 radical (unpaired) electrons. The average Bonchev–Trinajstić information content (AvgIpc) is 2.03. The molecule has 1 rings (SSSR count). The molecule has 0 saturated carbocycles. The summed E-state index contributed by atoms with van der Waals surface area (Å²) in [6.45, 7) is 3.11. The van der Waals surface area contributed by atoms with Crippen molar-refractivity contribution in [1.82, 2.24) is 0 Å². The van der Waals surface area contributed by atoms with E-state index in [0.29, 0.717) is 5.69 Å². The molecular weight excluding hydrogens is 166 g/mol. The number of benzene rings is 1. The van der Waals surface area contributed by atoms with Crippen molar-refractivity contribution in [2.45, 2.75) is 20.0 Å². The smallest absolute Gasteiger partial charge is 0.221 e. The first-order valence-corrected chi connectivity index (χ1v) is 4.16. The van der Waals surface area contributed by atoms with Crippen LogP contribution >= 0.6 is 0 Å². The highest BCUT2D eigenvalue weighted by atomic mass is 16.3. The first kappa shape index (κ1) is 9.74. The second kappa shape index (κ2) is 4.05. The molecule has 0 aromatic heterocycles. The maximum Gasteiger partial charge on any atom is 0.221 e. The Morgan fingerprint density at radius 1 is 1.46 bits per heavy atom. The largest absolute Gasteiger partial charge is 0.389 e. The van der Waals surface area contributed by atoms with E-state index in [0.717, 1.165) is 5.56 Å². The third-order valence-electron chi connectivity index (χ3n) is 1.72. The van der Waals surface area contributed by atoms with Crippen molar-refractivity contribution in [1.29, 1.82) is 0 Å². The van der Waals surface area contributed by atoms with Gasteiger partial charge < -0.3 is 10.4 Å². The van der Waals surface area contributed by atoms with Crippen molar-refractivity contribution in [3.05, 3.63) is 29.8 Å². The van der Waals surface area contributed by atoms with Crippen LogP contribution in [-0.4, -0.2) is 11.0 Å².